The van der Waals surface area contributed by atoms with E-state index in [0.29, 0.717) is 41.5 Å². The quantitative estimate of drug-likeness (QED) is 0.589. The molecule has 0 fully saturated rings. The molecule has 31 heavy (non-hydrogen) atoms. The van der Waals surface area contributed by atoms with Gasteiger partial charge in [0.2, 0.25) is 5.95 Å². The average Bonchev–Trinajstić information content (AvgIpc) is 2.98. The van der Waals surface area contributed by atoms with Crippen molar-refractivity contribution in [1.82, 2.24) is 9.97 Å². The number of aryl methyl sites for hydroxylation is 1. The van der Waals surface area contributed by atoms with Crippen LogP contribution < -0.4 is 14.8 Å². The van der Waals surface area contributed by atoms with Crippen LogP contribution in [0.15, 0.2) is 48.7 Å². The molecular formula is C24H22N4O3. The van der Waals surface area contributed by atoms with E-state index in [2.05, 4.69) is 21.4 Å². The van der Waals surface area contributed by atoms with Crippen molar-refractivity contribution in [2.75, 3.05) is 12.4 Å². The van der Waals surface area contributed by atoms with Crippen molar-refractivity contribution in [3.8, 4) is 17.6 Å². The zero-order valence-corrected chi connectivity index (χ0v) is 17.2. The minimum atomic E-state index is 0.0950. The number of carbonyl (C=O) groups is 1. The first-order chi connectivity index (χ1) is 15.2. The molecule has 1 N–H and O–H groups in total. The van der Waals surface area contributed by atoms with Gasteiger partial charge in [-0.3, -0.25) is 4.79 Å². The van der Waals surface area contributed by atoms with Crippen molar-refractivity contribution in [1.29, 1.82) is 5.26 Å². The molecule has 0 atom stereocenters. The van der Waals surface area contributed by atoms with E-state index in [9.17, 15) is 10.1 Å². The number of aromatic nitrogens is 2. The van der Waals surface area contributed by atoms with Crippen molar-refractivity contribution >= 4 is 17.4 Å². The number of ether oxygens (including phenoxy) is 2. The first-order valence-electron chi connectivity index (χ1n) is 10.1. The van der Waals surface area contributed by atoms with E-state index < -0.39 is 0 Å². The number of ketones is 1. The number of nitrogens with zero attached hydrogens (tertiary/aromatic N) is 3. The number of hydrogen-bond acceptors (Lipinski definition) is 7. The normalized spacial score (nSPS) is 13.0. The molecule has 0 radical (unpaired) electrons. The summed E-state index contributed by atoms with van der Waals surface area (Å²) in [6.45, 7) is 0.301. The Labute approximate surface area is 180 Å². The second kappa shape index (κ2) is 9.26. The van der Waals surface area contributed by atoms with Crippen LogP contribution in [-0.4, -0.2) is 22.9 Å². The molecule has 1 aromatic heterocycles. The summed E-state index contributed by atoms with van der Waals surface area (Å²) in [5.41, 5.74) is 3.36. The molecule has 1 aliphatic rings. The molecule has 156 valence electrons. The van der Waals surface area contributed by atoms with Crippen LogP contribution in [0.5, 0.6) is 11.5 Å². The molecule has 7 heteroatoms. The van der Waals surface area contributed by atoms with Crippen LogP contribution in [0, 0.1) is 11.3 Å². The van der Waals surface area contributed by atoms with Crippen LogP contribution in [0.1, 0.15) is 46.4 Å². The monoisotopic (exact) mass is 414 g/mol. The Morgan fingerprint density at radius 1 is 1.16 bits per heavy atom. The summed E-state index contributed by atoms with van der Waals surface area (Å²) < 4.78 is 11.3. The van der Waals surface area contributed by atoms with Crippen molar-refractivity contribution < 1.29 is 14.3 Å². The Morgan fingerprint density at radius 2 is 2.00 bits per heavy atom. The first kappa shape index (κ1) is 20.4. The van der Waals surface area contributed by atoms with E-state index in [1.807, 2.05) is 24.3 Å². The summed E-state index contributed by atoms with van der Waals surface area (Å²) in [6, 6.07) is 14.9. The van der Waals surface area contributed by atoms with Gasteiger partial charge in [0, 0.05) is 29.9 Å². The number of carbonyl (C=O) groups excluding carboxylic acids is 1. The number of methoxy groups -OCH3 is 1. The molecule has 2 aromatic carbocycles. The van der Waals surface area contributed by atoms with Gasteiger partial charge in [0.05, 0.1) is 30.0 Å². The fourth-order valence-corrected chi connectivity index (χ4v) is 3.55. The summed E-state index contributed by atoms with van der Waals surface area (Å²) >= 11 is 0. The van der Waals surface area contributed by atoms with Crippen molar-refractivity contribution in [2.45, 2.75) is 32.3 Å². The van der Waals surface area contributed by atoms with Gasteiger partial charge in [-0.15, -0.1) is 0 Å². The van der Waals surface area contributed by atoms with Gasteiger partial charge in [0.15, 0.2) is 5.78 Å². The summed E-state index contributed by atoms with van der Waals surface area (Å²) in [7, 11) is 1.62. The minimum absolute atomic E-state index is 0.0950. The second-order valence-corrected chi connectivity index (χ2v) is 7.27. The van der Waals surface area contributed by atoms with Crippen LogP contribution >= 0.6 is 0 Å². The van der Waals surface area contributed by atoms with Crippen LogP contribution in [0.3, 0.4) is 0 Å². The number of rotatable bonds is 6. The van der Waals surface area contributed by atoms with Crippen LogP contribution in [0.25, 0.3) is 0 Å². The minimum Gasteiger partial charge on any atom is -0.496 e. The third-order valence-electron chi connectivity index (χ3n) is 5.11. The smallest absolute Gasteiger partial charge is 0.227 e. The van der Waals surface area contributed by atoms with Gasteiger partial charge in [-0.2, -0.15) is 5.26 Å². The molecule has 4 rings (SSSR count). The zero-order chi connectivity index (χ0) is 21.6. The number of anilines is 2. The SMILES string of the molecule is COc1ccccc1COc1cc(C#N)cc(Nc2ncc3c(n2)CCCCC3=O)c1. The lowest BCUT2D eigenvalue weighted by Gasteiger charge is -2.13. The van der Waals surface area contributed by atoms with Gasteiger partial charge in [0.25, 0.3) is 0 Å². The molecule has 3 aromatic rings. The number of nitrogens with one attached hydrogen (secondary N) is 1. The molecule has 0 amide bonds. The summed E-state index contributed by atoms with van der Waals surface area (Å²) in [5, 5.41) is 12.6. The third-order valence-corrected chi connectivity index (χ3v) is 5.11. The fraction of sp³-hybridized carbons (Fsp3) is 0.250. The Kier molecular flexibility index (Phi) is 6.08. The molecule has 0 spiro atoms. The fourth-order valence-electron chi connectivity index (χ4n) is 3.55. The summed E-state index contributed by atoms with van der Waals surface area (Å²) in [6.07, 6.45) is 4.69. The van der Waals surface area contributed by atoms with Gasteiger partial charge in [-0.25, -0.2) is 9.97 Å². The molecule has 0 saturated heterocycles. The summed E-state index contributed by atoms with van der Waals surface area (Å²) in [4.78, 5) is 21.0. The average molecular weight is 414 g/mol. The van der Waals surface area contributed by atoms with Crippen molar-refractivity contribution in [2.24, 2.45) is 0 Å². The number of para-hydroxylation sites is 1. The summed E-state index contributed by atoms with van der Waals surface area (Å²) in [5.74, 6) is 1.76. The lowest BCUT2D eigenvalue weighted by atomic mass is 10.1. The predicted octanol–water partition coefficient (Wildman–Crippen LogP) is 4.59. The maximum atomic E-state index is 12.2. The molecule has 1 aliphatic carbocycles. The molecular weight excluding hydrogens is 392 g/mol. The highest BCUT2D eigenvalue weighted by molar-refractivity contribution is 5.97. The van der Waals surface area contributed by atoms with E-state index in [-0.39, 0.29) is 5.78 Å². The number of nitriles is 1. The second-order valence-electron chi connectivity index (χ2n) is 7.27. The Balaban J connectivity index is 1.55. The number of Topliss-reactive ketones (excluding diaryl/α,β-unsaturated/α-hetero) is 1. The first-order valence-corrected chi connectivity index (χ1v) is 10.1. The van der Waals surface area contributed by atoms with Crippen LogP contribution in [0.4, 0.5) is 11.6 Å². The van der Waals surface area contributed by atoms with E-state index in [1.165, 1.54) is 0 Å². The van der Waals surface area contributed by atoms with Gasteiger partial charge in [-0.05, 0) is 37.5 Å². The van der Waals surface area contributed by atoms with E-state index in [4.69, 9.17) is 9.47 Å². The topological polar surface area (TPSA) is 97.1 Å². The van der Waals surface area contributed by atoms with E-state index in [0.717, 1.165) is 36.3 Å². The molecule has 0 bridgehead atoms. The third kappa shape index (κ3) is 4.81. The van der Waals surface area contributed by atoms with Crippen molar-refractivity contribution in [3.05, 3.63) is 71.0 Å². The highest BCUT2D eigenvalue weighted by atomic mass is 16.5. The maximum absolute atomic E-state index is 12.2. The van der Waals surface area contributed by atoms with Gasteiger partial charge in [0.1, 0.15) is 18.1 Å². The molecule has 0 aliphatic heterocycles. The molecule has 7 nitrogen and oxygen atoms in total. The van der Waals surface area contributed by atoms with Gasteiger partial charge < -0.3 is 14.8 Å². The largest absolute Gasteiger partial charge is 0.496 e. The van der Waals surface area contributed by atoms with Crippen molar-refractivity contribution in [3.63, 3.8) is 0 Å². The van der Waals surface area contributed by atoms with E-state index in [1.54, 1.807) is 31.5 Å². The standard InChI is InChI=1S/C24H22N4O3/c1-30-23-9-5-2-6-17(23)15-31-19-11-16(13-25)10-18(12-19)27-24-26-14-20-21(28-24)7-3-4-8-22(20)29/h2,5-6,9-12,14H,3-4,7-8,15H2,1H3,(H,26,27,28). The lowest BCUT2D eigenvalue weighted by molar-refractivity contribution is 0.0981. The van der Waals surface area contributed by atoms with E-state index >= 15 is 0 Å². The molecule has 0 unspecified atom stereocenters. The lowest BCUT2D eigenvalue weighted by Crippen LogP contribution is -2.07. The number of hydrogen-bond donors (Lipinski definition) is 1. The Hall–Kier alpha value is -3.92. The van der Waals surface area contributed by atoms with Gasteiger partial charge in [-0.1, -0.05) is 18.2 Å². The van der Waals surface area contributed by atoms with Gasteiger partial charge >= 0.3 is 0 Å². The highest BCUT2D eigenvalue weighted by Crippen LogP contribution is 2.26. The Morgan fingerprint density at radius 3 is 2.84 bits per heavy atom. The zero-order valence-electron chi connectivity index (χ0n) is 17.2. The predicted molar refractivity (Wildman–Crippen MR) is 116 cm³/mol. The number of benzene rings is 2. The molecule has 0 saturated carbocycles. The van der Waals surface area contributed by atoms with Crippen LogP contribution in [0.2, 0.25) is 0 Å². The maximum Gasteiger partial charge on any atom is 0.227 e. The number of fused-ring (bicyclic) bond motifs is 1. The highest BCUT2D eigenvalue weighted by Gasteiger charge is 2.18. The molecule has 1 heterocycles. The van der Waals surface area contributed by atoms with Crippen LogP contribution in [-0.2, 0) is 13.0 Å². The Bertz CT molecular complexity index is 1150.